The molecule has 1 amide bonds. The van der Waals surface area contributed by atoms with E-state index < -0.39 is 0 Å². The number of carbonyl (C=O) groups excluding carboxylic acids is 1. The highest BCUT2D eigenvalue weighted by Gasteiger charge is 2.26. The van der Waals surface area contributed by atoms with Crippen LogP contribution in [0.25, 0.3) is 11.1 Å². The largest absolute Gasteiger partial charge is 0.489 e. The van der Waals surface area contributed by atoms with Gasteiger partial charge in [0.2, 0.25) is 0 Å². The topological polar surface area (TPSA) is 42.4 Å². The van der Waals surface area contributed by atoms with E-state index in [0.717, 1.165) is 51.5 Å². The van der Waals surface area contributed by atoms with E-state index >= 15 is 0 Å². The summed E-state index contributed by atoms with van der Waals surface area (Å²) in [7, 11) is 0. The van der Waals surface area contributed by atoms with Crippen molar-refractivity contribution in [1.82, 2.24) is 9.88 Å². The average Bonchev–Trinajstić information content (AvgIpc) is 3.02. The summed E-state index contributed by atoms with van der Waals surface area (Å²) in [5.74, 6) is 0.887. The summed E-state index contributed by atoms with van der Waals surface area (Å²) < 4.78 is 6.13. The molecule has 0 spiro atoms. The minimum absolute atomic E-state index is 0.106. The van der Waals surface area contributed by atoms with Gasteiger partial charge in [-0.2, -0.15) is 0 Å². The van der Waals surface area contributed by atoms with Gasteiger partial charge in [0.25, 0.3) is 5.91 Å². The zero-order chi connectivity index (χ0) is 19.7. The van der Waals surface area contributed by atoms with Gasteiger partial charge in [0.05, 0.1) is 0 Å². The highest BCUT2D eigenvalue weighted by molar-refractivity contribution is 5.98. The van der Waals surface area contributed by atoms with Crippen LogP contribution in [0.2, 0.25) is 0 Å². The lowest BCUT2D eigenvalue weighted by Crippen LogP contribution is -2.22. The molecule has 0 radical (unpaired) electrons. The molecule has 0 N–H and O–H groups in total. The molecule has 3 aromatic rings. The molecular weight excluding hydrogens is 348 g/mol. The summed E-state index contributed by atoms with van der Waals surface area (Å²) in [4.78, 5) is 18.7. The molecule has 0 unspecified atom stereocenters. The summed E-state index contributed by atoms with van der Waals surface area (Å²) >= 11 is 0. The van der Waals surface area contributed by atoms with Crippen LogP contribution in [0.1, 0.15) is 39.8 Å². The maximum Gasteiger partial charge on any atom is 0.254 e. The lowest BCUT2D eigenvalue weighted by Gasteiger charge is -2.15. The first-order valence-electron chi connectivity index (χ1n) is 9.64. The summed E-state index contributed by atoms with van der Waals surface area (Å²) in [6.45, 7) is 7.85. The second kappa shape index (κ2) is 7.47. The van der Waals surface area contributed by atoms with E-state index in [1.165, 1.54) is 0 Å². The van der Waals surface area contributed by atoms with Gasteiger partial charge in [0.1, 0.15) is 12.4 Å². The SMILES string of the molecule is CCN1Cc2cc(OCc3c(-c4ccccc4)cc(C)nc3C)ccc2C1=O. The lowest BCUT2D eigenvalue weighted by molar-refractivity contribution is 0.0787. The Morgan fingerprint density at radius 1 is 1.04 bits per heavy atom. The minimum atomic E-state index is 0.106. The molecule has 2 aromatic carbocycles. The Kier molecular flexibility index (Phi) is 4.86. The number of aryl methyl sites for hydroxylation is 2. The van der Waals surface area contributed by atoms with Gasteiger partial charge in [-0.15, -0.1) is 0 Å². The van der Waals surface area contributed by atoms with E-state index in [1.54, 1.807) is 0 Å². The second-order valence-corrected chi connectivity index (χ2v) is 7.17. The normalized spacial score (nSPS) is 13.0. The Hall–Kier alpha value is -3.14. The highest BCUT2D eigenvalue weighted by Crippen LogP contribution is 2.30. The fourth-order valence-electron chi connectivity index (χ4n) is 3.77. The van der Waals surface area contributed by atoms with Crippen molar-refractivity contribution in [1.29, 1.82) is 0 Å². The molecule has 0 bridgehead atoms. The van der Waals surface area contributed by atoms with Crippen molar-refractivity contribution >= 4 is 5.91 Å². The maximum atomic E-state index is 12.3. The summed E-state index contributed by atoms with van der Waals surface area (Å²) in [5.41, 5.74) is 7.19. The molecule has 0 saturated heterocycles. The fourth-order valence-corrected chi connectivity index (χ4v) is 3.77. The van der Waals surface area contributed by atoms with Crippen molar-refractivity contribution in [2.45, 2.75) is 33.9 Å². The molecule has 1 aliphatic rings. The van der Waals surface area contributed by atoms with Crippen LogP contribution < -0.4 is 4.74 Å². The zero-order valence-electron chi connectivity index (χ0n) is 16.5. The Balaban J connectivity index is 1.61. The van der Waals surface area contributed by atoms with Crippen molar-refractivity contribution < 1.29 is 9.53 Å². The predicted octanol–water partition coefficient (Wildman–Crippen LogP) is 4.92. The predicted molar refractivity (Wildman–Crippen MR) is 110 cm³/mol. The molecule has 28 heavy (non-hydrogen) atoms. The lowest BCUT2D eigenvalue weighted by atomic mass is 9.98. The van der Waals surface area contributed by atoms with Crippen LogP contribution in [-0.2, 0) is 13.2 Å². The molecule has 0 saturated carbocycles. The number of rotatable bonds is 5. The van der Waals surface area contributed by atoms with E-state index in [-0.39, 0.29) is 5.91 Å². The highest BCUT2D eigenvalue weighted by atomic mass is 16.5. The van der Waals surface area contributed by atoms with Gasteiger partial charge >= 0.3 is 0 Å². The number of aromatic nitrogens is 1. The number of carbonyl (C=O) groups is 1. The van der Waals surface area contributed by atoms with Crippen molar-refractivity contribution in [3.8, 4) is 16.9 Å². The van der Waals surface area contributed by atoms with Crippen LogP contribution in [0.15, 0.2) is 54.6 Å². The quantitative estimate of drug-likeness (QED) is 0.638. The van der Waals surface area contributed by atoms with Crippen molar-refractivity contribution in [2.75, 3.05) is 6.54 Å². The fraction of sp³-hybridized carbons (Fsp3) is 0.250. The van der Waals surface area contributed by atoms with Gasteiger partial charge in [0.15, 0.2) is 0 Å². The van der Waals surface area contributed by atoms with E-state index in [2.05, 4.69) is 23.2 Å². The van der Waals surface area contributed by atoms with Gasteiger partial charge in [-0.25, -0.2) is 0 Å². The molecule has 4 rings (SSSR count). The third-order valence-electron chi connectivity index (χ3n) is 5.26. The molecule has 1 aromatic heterocycles. The van der Waals surface area contributed by atoms with Gasteiger partial charge in [0, 0.05) is 35.6 Å². The van der Waals surface area contributed by atoms with Crippen LogP contribution in [0.5, 0.6) is 5.75 Å². The Morgan fingerprint density at radius 3 is 2.57 bits per heavy atom. The number of hydrogen-bond donors (Lipinski definition) is 0. The Labute approximate surface area is 165 Å². The van der Waals surface area contributed by atoms with Crippen LogP contribution in [0, 0.1) is 13.8 Å². The molecule has 2 heterocycles. The number of ether oxygens (including phenoxy) is 1. The first-order chi connectivity index (χ1) is 13.6. The first-order valence-corrected chi connectivity index (χ1v) is 9.64. The summed E-state index contributed by atoms with van der Waals surface area (Å²) in [6, 6.07) is 18.2. The summed E-state index contributed by atoms with van der Waals surface area (Å²) in [5, 5.41) is 0. The molecule has 0 fully saturated rings. The molecule has 142 valence electrons. The van der Waals surface area contributed by atoms with Gasteiger partial charge in [-0.1, -0.05) is 30.3 Å². The number of nitrogens with zero attached hydrogens (tertiary/aromatic N) is 2. The average molecular weight is 372 g/mol. The third kappa shape index (κ3) is 3.38. The number of fused-ring (bicyclic) bond motifs is 1. The van der Waals surface area contributed by atoms with E-state index in [9.17, 15) is 4.79 Å². The molecule has 4 heteroatoms. The number of hydrogen-bond acceptors (Lipinski definition) is 3. The van der Waals surface area contributed by atoms with E-state index in [0.29, 0.717) is 13.2 Å². The van der Waals surface area contributed by atoms with Gasteiger partial charge < -0.3 is 9.64 Å². The monoisotopic (exact) mass is 372 g/mol. The Morgan fingerprint density at radius 2 is 1.82 bits per heavy atom. The van der Waals surface area contributed by atoms with Crippen LogP contribution in [0.4, 0.5) is 0 Å². The molecule has 4 nitrogen and oxygen atoms in total. The van der Waals surface area contributed by atoms with Gasteiger partial charge in [-0.3, -0.25) is 9.78 Å². The van der Waals surface area contributed by atoms with E-state index in [1.807, 2.05) is 62.1 Å². The summed E-state index contributed by atoms with van der Waals surface area (Å²) in [6.07, 6.45) is 0. The Bertz CT molecular complexity index is 1030. The number of amides is 1. The van der Waals surface area contributed by atoms with Crippen molar-refractivity contribution in [3.63, 3.8) is 0 Å². The second-order valence-electron chi connectivity index (χ2n) is 7.17. The van der Waals surface area contributed by atoms with Crippen LogP contribution in [0.3, 0.4) is 0 Å². The minimum Gasteiger partial charge on any atom is -0.489 e. The standard InChI is InChI=1S/C24H24N2O2/c1-4-26-14-19-13-20(10-11-21(19)24(26)27)28-15-23-17(3)25-16(2)12-22(23)18-8-6-5-7-9-18/h5-13H,4,14-15H2,1-3H3. The van der Waals surface area contributed by atoms with Gasteiger partial charge in [-0.05, 0) is 61.7 Å². The number of benzene rings is 2. The van der Waals surface area contributed by atoms with Crippen molar-refractivity contribution in [3.05, 3.63) is 82.7 Å². The van der Waals surface area contributed by atoms with Crippen LogP contribution in [-0.4, -0.2) is 22.3 Å². The first kappa shape index (κ1) is 18.2. The maximum absolute atomic E-state index is 12.3. The van der Waals surface area contributed by atoms with Crippen molar-refractivity contribution in [2.24, 2.45) is 0 Å². The zero-order valence-corrected chi connectivity index (χ0v) is 16.5. The molecular formula is C24H24N2O2. The smallest absolute Gasteiger partial charge is 0.254 e. The molecule has 1 aliphatic heterocycles. The molecule has 0 aliphatic carbocycles. The van der Waals surface area contributed by atoms with Crippen LogP contribution >= 0.6 is 0 Å². The number of pyridine rings is 1. The third-order valence-corrected chi connectivity index (χ3v) is 5.26. The molecule has 0 atom stereocenters. The van der Waals surface area contributed by atoms with E-state index in [4.69, 9.17) is 4.74 Å².